The van der Waals surface area contributed by atoms with Gasteiger partial charge in [-0.3, -0.25) is 0 Å². The normalized spacial score (nSPS) is 49.5. The molecule has 0 bridgehead atoms. The molecule has 12 unspecified atom stereocenters. The third-order valence-electron chi connectivity index (χ3n) is 14.7. The van der Waals surface area contributed by atoms with Crippen LogP contribution in [0.4, 0.5) is 0 Å². The number of carbonyl (C=O) groups excluding carboxylic acids is 1. The fraction of sp³-hybridized carbons (Fsp3) is 0.972. The zero-order chi connectivity index (χ0) is 30.6. The van der Waals surface area contributed by atoms with Crippen LogP contribution < -0.4 is 0 Å². The number of likely N-dealkylation sites (N-methyl/N-ethyl adjacent to an activating group) is 1. The van der Waals surface area contributed by atoms with Crippen LogP contribution in [0.5, 0.6) is 0 Å². The van der Waals surface area contributed by atoms with Crippen molar-refractivity contribution >= 4 is 5.97 Å². The van der Waals surface area contributed by atoms with Gasteiger partial charge < -0.3 is 29.0 Å². The number of hydrogen-bond acceptors (Lipinski definition) is 7. The highest BCUT2D eigenvalue weighted by Gasteiger charge is 2.81. The second-order valence-corrected chi connectivity index (χ2v) is 17.4. The van der Waals surface area contributed by atoms with Crippen molar-refractivity contribution in [1.82, 2.24) is 4.90 Å². The van der Waals surface area contributed by atoms with E-state index in [1.165, 1.54) is 51.4 Å². The molecular weight excluding hydrogens is 542 g/mol. The predicted molar refractivity (Wildman–Crippen MR) is 164 cm³/mol. The molecule has 5 saturated carbocycles. The monoisotopic (exact) mass is 601 g/mol. The Bertz CT molecular complexity index is 1090. The van der Waals surface area contributed by atoms with E-state index in [4.69, 9.17) is 18.9 Å². The summed E-state index contributed by atoms with van der Waals surface area (Å²) in [6, 6.07) is 0. The van der Waals surface area contributed by atoms with Gasteiger partial charge in [0.25, 0.3) is 0 Å². The molecule has 7 nitrogen and oxygen atoms in total. The van der Waals surface area contributed by atoms with Crippen LogP contribution in [0.25, 0.3) is 0 Å². The molecule has 2 aliphatic heterocycles. The maximum absolute atomic E-state index is 13.2. The molecule has 2 spiro atoms. The summed E-state index contributed by atoms with van der Waals surface area (Å²) in [7, 11) is 2.05. The van der Waals surface area contributed by atoms with Gasteiger partial charge in [0, 0.05) is 25.1 Å². The van der Waals surface area contributed by atoms with Crippen LogP contribution in [0.1, 0.15) is 106 Å². The largest absolute Gasteiger partial charge is 0.460 e. The summed E-state index contributed by atoms with van der Waals surface area (Å²) in [6.45, 7) is 15.9. The Morgan fingerprint density at radius 1 is 1.02 bits per heavy atom. The second kappa shape index (κ2) is 10.4. The average Bonchev–Trinajstić information content (AvgIpc) is 3.52. The van der Waals surface area contributed by atoms with Gasteiger partial charge in [-0.15, -0.1) is 0 Å². The van der Waals surface area contributed by atoms with E-state index >= 15 is 0 Å². The fourth-order valence-corrected chi connectivity index (χ4v) is 12.8. The molecule has 2 saturated heterocycles. The Balaban J connectivity index is 1.06. The minimum Gasteiger partial charge on any atom is -0.460 e. The van der Waals surface area contributed by atoms with Crippen LogP contribution >= 0.6 is 0 Å². The average molecular weight is 602 g/mol. The van der Waals surface area contributed by atoms with E-state index in [0.29, 0.717) is 47.8 Å². The van der Waals surface area contributed by atoms with Crippen molar-refractivity contribution in [2.45, 2.75) is 142 Å². The number of aliphatic hydroxyl groups is 1. The number of rotatable bonds is 6. The van der Waals surface area contributed by atoms with Crippen molar-refractivity contribution in [1.29, 1.82) is 0 Å². The lowest BCUT2D eigenvalue weighted by Crippen LogP contribution is -2.56. The molecule has 7 rings (SSSR count). The Morgan fingerprint density at radius 2 is 1.79 bits per heavy atom. The molecule has 244 valence electrons. The zero-order valence-corrected chi connectivity index (χ0v) is 28.0. The van der Waals surface area contributed by atoms with Gasteiger partial charge in [-0.1, -0.05) is 20.8 Å². The fourth-order valence-electron chi connectivity index (χ4n) is 12.8. The first-order valence-electron chi connectivity index (χ1n) is 17.8. The third kappa shape index (κ3) is 4.55. The topological polar surface area (TPSA) is 77.5 Å². The molecule has 0 amide bonds. The van der Waals surface area contributed by atoms with Crippen LogP contribution in [0, 0.1) is 45.3 Å². The molecular formula is C36H59NO6. The highest BCUT2D eigenvalue weighted by Crippen LogP contribution is 2.87. The van der Waals surface area contributed by atoms with Gasteiger partial charge in [0.15, 0.2) is 6.10 Å². The van der Waals surface area contributed by atoms with Gasteiger partial charge in [-0.2, -0.15) is 0 Å². The van der Waals surface area contributed by atoms with Crippen LogP contribution in [-0.4, -0.2) is 85.4 Å². The highest BCUT2D eigenvalue weighted by molar-refractivity contribution is 5.75. The summed E-state index contributed by atoms with van der Waals surface area (Å²) < 4.78 is 25.2. The van der Waals surface area contributed by atoms with Crippen molar-refractivity contribution in [3.05, 3.63) is 0 Å². The second-order valence-electron chi connectivity index (χ2n) is 17.4. The summed E-state index contributed by atoms with van der Waals surface area (Å²) in [5.74, 6) is 2.59. The number of morpholine rings is 1. The van der Waals surface area contributed by atoms with E-state index in [1.807, 2.05) is 27.8 Å². The summed E-state index contributed by atoms with van der Waals surface area (Å²) in [5.41, 5.74) is 0.312. The summed E-state index contributed by atoms with van der Waals surface area (Å²) >= 11 is 0. The maximum atomic E-state index is 13.2. The molecule has 7 aliphatic rings. The van der Waals surface area contributed by atoms with E-state index in [-0.39, 0.29) is 35.8 Å². The lowest BCUT2D eigenvalue weighted by atomic mass is 9.46. The van der Waals surface area contributed by atoms with Gasteiger partial charge in [0.1, 0.15) is 12.2 Å². The number of ether oxygens (including phenoxy) is 4. The summed E-state index contributed by atoms with van der Waals surface area (Å²) in [5, 5.41) is 10.9. The molecule has 43 heavy (non-hydrogen) atoms. The van der Waals surface area contributed by atoms with Crippen LogP contribution in [0.15, 0.2) is 0 Å². The van der Waals surface area contributed by atoms with E-state index in [0.717, 1.165) is 31.2 Å². The van der Waals surface area contributed by atoms with Gasteiger partial charge in [-0.05, 0) is 132 Å². The molecule has 2 heterocycles. The van der Waals surface area contributed by atoms with Gasteiger partial charge in [-0.25, -0.2) is 4.79 Å². The van der Waals surface area contributed by atoms with E-state index in [1.54, 1.807) is 0 Å². The lowest BCUT2D eigenvalue weighted by Gasteiger charge is -2.59. The smallest absolute Gasteiger partial charge is 0.336 e. The lowest BCUT2D eigenvalue weighted by molar-refractivity contribution is -0.194. The minimum atomic E-state index is -0.911. The van der Waals surface area contributed by atoms with Crippen molar-refractivity contribution in [3.8, 4) is 0 Å². The Hall–Kier alpha value is -0.730. The SMILES string of the molecule is CCOC(C1CCC2C(CC3C4CCC5C(C)(C)C(OC(=O)C6CN(C)CCO6)CCC56CC46CCC23C)O1)C(C)(C)O. The number of esters is 1. The third-order valence-corrected chi connectivity index (χ3v) is 14.7. The Labute approximate surface area is 260 Å². The zero-order valence-electron chi connectivity index (χ0n) is 28.0. The number of nitrogens with zero attached hydrogens (tertiary/aromatic N) is 1. The quantitative estimate of drug-likeness (QED) is 0.397. The van der Waals surface area contributed by atoms with Crippen molar-refractivity contribution in [3.63, 3.8) is 0 Å². The minimum absolute atomic E-state index is 0.0188. The molecule has 7 heteroatoms. The highest BCUT2D eigenvalue weighted by atomic mass is 16.6. The molecule has 5 aliphatic carbocycles. The van der Waals surface area contributed by atoms with Gasteiger partial charge >= 0.3 is 5.97 Å². The van der Waals surface area contributed by atoms with Crippen LogP contribution in [-0.2, 0) is 23.7 Å². The standard InChI is InChI=1S/C36H59NO6/c1-8-40-30(33(4,5)39)25-11-9-23-26(42-25)19-24-22-10-12-28-32(2,3)29(43-31(38)27-20-37(7)17-18-41-27)13-14-36(28)21-35(22,36)16-15-34(23,24)6/h22-30,39H,8-21H2,1-7H3. The van der Waals surface area contributed by atoms with Crippen molar-refractivity contribution in [2.24, 2.45) is 45.3 Å². The molecule has 1 N–H and O–H groups in total. The molecule has 0 aromatic rings. The predicted octanol–water partition coefficient (Wildman–Crippen LogP) is 5.61. The first-order valence-corrected chi connectivity index (χ1v) is 17.8. The summed E-state index contributed by atoms with van der Waals surface area (Å²) in [6.07, 6.45) is 11.7. The number of hydrogen-bond donors (Lipinski definition) is 1. The molecule has 0 aromatic heterocycles. The molecule has 0 aromatic carbocycles. The van der Waals surface area contributed by atoms with E-state index in [2.05, 4.69) is 25.7 Å². The number of fused-ring (bicyclic) bond motifs is 4. The van der Waals surface area contributed by atoms with Crippen LogP contribution in [0.3, 0.4) is 0 Å². The Kier molecular flexibility index (Phi) is 7.46. The molecule has 0 radical (unpaired) electrons. The molecule has 12 atom stereocenters. The van der Waals surface area contributed by atoms with Gasteiger partial charge in [0.2, 0.25) is 0 Å². The first kappa shape index (κ1) is 30.9. The maximum Gasteiger partial charge on any atom is 0.336 e. The number of carbonyl (C=O) groups is 1. The van der Waals surface area contributed by atoms with E-state index in [9.17, 15) is 9.90 Å². The van der Waals surface area contributed by atoms with Crippen molar-refractivity contribution < 1.29 is 28.8 Å². The summed E-state index contributed by atoms with van der Waals surface area (Å²) in [4.78, 5) is 15.4. The first-order chi connectivity index (χ1) is 20.3. The van der Waals surface area contributed by atoms with Gasteiger partial charge in [0.05, 0.1) is 24.4 Å². The van der Waals surface area contributed by atoms with Crippen molar-refractivity contribution in [2.75, 3.05) is 33.4 Å². The Morgan fingerprint density at radius 3 is 2.51 bits per heavy atom. The van der Waals surface area contributed by atoms with E-state index < -0.39 is 11.7 Å². The molecule has 7 fully saturated rings. The van der Waals surface area contributed by atoms with Crippen LogP contribution in [0.2, 0.25) is 0 Å².